The lowest BCUT2D eigenvalue weighted by molar-refractivity contribution is 0.0697. The van der Waals surface area contributed by atoms with Gasteiger partial charge in [-0.3, -0.25) is 9.72 Å². The Morgan fingerprint density at radius 3 is 2.34 bits per heavy atom. The van der Waals surface area contributed by atoms with E-state index in [0.29, 0.717) is 22.7 Å². The van der Waals surface area contributed by atoms with Crippen molar-refractivity contribution in [3.63, 3.8) is 0 Å². The first-order valence-corrected chi connectivity index (χ1v) is 11.7. The molecule has 2 aromatic carbocycles. The molecule has 0 aliphatic rings. The van der Waals surface area contributed by atoms with Crippen molar-refractivity contribution in [3.8, 4) is 22.4 Å². The number of carboxylic acids is 1. The highest BCUT2D eigenvalue weighted by Gasteiger charge is 2.20. The fourth-order valence-corrected chi connectivity index (χ4v) is 3.91. The maximum absolute atomic E-state index is 14.9. The largest absolute Gasteiger partial charge is 0.478 e. The predicted molar refractivity (Wildman–Crippen MR) is 141 cm³/mol. The van der Waals surface area contributed by atoms with Crippen LogP contribution in [-0.4, -0.2) is 31.6 Å². The van der Waals surface area contributed by atoms with Gasteiger partial charge in [0.2, 0.25) is 0 Å². The quantitative estimate of drug-likeness (QED) is 0.249. The summed E-state index contributed by atoms with van der Waals surface area (Å²) in [6, 6.07) is 15.8. The number of halogens is 1. The minimum atomic E-state index is -0.983. The molecule has 38 heavy (non-hydrogen) atoms. The Kier molecular flexibility index (Phi) is 6.15. The molecular formula is C28H24FN5O4. The molecule has 5 aromatic rings. The van der Waals surface area contributed by atoms with Gasteiger partial charge in [-0.15, -0.1) is 0 Å². The van der Waals surface area contributed by atoms with E-state index in [1.54, 1.807) is 42.6 Å². The number of fused-ring (bicyclic) bond motifs is 1. The molecule has 0 radical (unpaired) electrons. The summed E-state index contributed by atoms with van der Waals surface area (Å²) in [6.45, 7) is 5.87. The summed E-state index contributed by atoms with van der Waals surface area (Å²) in [4.78, 5) is 27.9. The maximum Gasteiger partial charge on any atom is 0.335 e. The summed E-state index contributed by atoms with van der Waals surface area (Å²) in [7, 11) is 0. The van der Waals surface area contributed by atoms with Crippen LogP contribution in [0.2, 0.25) is 0 Å². The van der Waals surface area contributed by atoms with Gasteiger partial charge in [0.15, 0.2) is 5.82 Å². The third-order valence-corrected chi connectivity index (χ3v) is 5.98. The van der Waals surface area contributed by atoms with Crippen LogP contribution in [0.15, 0.2) is 77.6 Å². The van der Waals surface area contributed by atoms with Crippen LogP contribution in [0.5, 0.6) is 0 Å². The van der Waals surface area contributed by atoms with Crippen molar-refractivity contribution >= 4 is 29.2 Å². The molecule has 0 aliphatic heterocycles. The fourth-order valence-electron chi connectivity index (χ4n) is 3.91. The highest BCUT2D eigenvalue weighted by Crippen LogP contribution is 2.28. The number of carbonyl (C=O) groups is 2. The van der Waals surface area contributed by atoms with Crippen molar-refractivity contribution in [2.75, 3.05) is 10.6 Å². The summed E-state index contributed by atoms with van der Waals surface area (Å²) in [5, 5.41) is 17.9. The van der Waals surface area contributed by atoms with Crippen LogP contribution < -0.4 is 10.6 Å². The zero-order valence-electron chi connectivity index (χ0n) is 20.8. The number of benzene rings is 2. The van der Waals surface area contributed by atoms with E-state index in [9.17, 15) is 14.0 Å². The molecule has 0 bridgehead atoms. The number of pyridine rings is 1. The lowest BCUT2D eigenvalue weighted by Crippen LogP contribution is -2.20. The summed E-state index contributed by atoms with van der Waals surface area (Å²) in [5.74, 6) is -0.756. The second-order valence-corrected chi connectivity index (χ2v) is 9.77. The van der Waals surface area contributed by atoms with Gasteiger partial charge < -0.3 is 14.9 Å². The Bertz CT molecular complexity index is 1670. The lowest BCUT2D eigenvalue weighted by atomic mass is 9.93. The Morgan fingerprint density at radius 1 is 0.947 bits per heavy atom. The van der Waals surface area contributed by atoms with Crippen molar-refractivity contribution in [1.29, 1.82) is 0 Å². The Labute approximate surface area is 216 Å². The van der Waals surface area contributed by atoms with E-state index < -0.39 is 17.8 Å². The van der Waals surface area contributed by atoms with Gasteiger partial charge in [0.05, 0.1) is 23.1 Å². The van der Waals surface area contributed by atoms with E-state index in [4.69, 9.17) is 9.63 Å². The molecule has 10 heteroatoms. The molecule has 0 saturated heterocycles. The monoisotopic (exact) mass is 513 g/mol. The number of rotatable bonds is 5. The summed E-state index contributed by atoms with van der Waals surface area (Å²) >= 11 is 0. The number of hydrogen-bond donors (Lipinski definition) is 3. The van der Waals surface area contributed by atoms with Crippen molar-refractivity contribution in [2.24, 2.45) is 0 Å². The molecule has 3 heterocycles. The number of hydrogen-bond acceptors (Lipinski definition) is 5. The number of nitrogens with zero attached hydrogens (tertiary/aromatic N) is 3. The van der Waals surface area contributed by atoms with Gasteiger partial charge in [-0.05, 0) is 47.5 Å². The van der Waals surface area contributed by atoms with E-state index in [2.05, 4.69) is 20.8 Å². The summed E-state index contributed by atoms with van der Waals surface area (Å²) in [5.41, 5.74) is 3.55. The highest BCUT2D eigenvalue weighted by atomic mass is 19.1. The van der Waals surface area contributed by atoms with Crippen molar-refractivity contribution in [3.05, 3.63) is 90.2 Å². The average molecular weight is 514 g/mol. The van der Waals surface area contributed by atoms with Gasteiger partial charge in [0.25, 0.3) is 0 Å². The van der Waals surface area contributed by atoms with Gasteiger partial charge in [0, 0.05) is 23.2 Å². The van der Waals surface area contributed by atoms with Gasteiger partial charge in [0.1, 0.15) is 17.2 Å². The average Bonchev–Trinajstić information content (AvgIpc) is 3.52. The number of nitrogens with one attached hydrogen (secondary N) is 2. The smallest absolute Gasteiger partial charge is 0.335 e. The molecule has 0 unspecified atom stereocenters. The van der Waals surface area contributed by atoms with Crippen LogP contribution in [0.1, 0.15) is 36.9 Å². The minimum absolute atomic E-state index is 0.00621. The number of carbonyl (C=O) groups excluding carboxylic acids is 1. The Balaban J connectivity index is 1.32. The highest BCUT2D eigenvalue weighted by molar-refractivity contribution is 5.99. The molecule has 0 atom stereocenters. The number of urea groups is 1. The molecule has 0 spiro atoms. The first-order valence-electron chi connectivity index (χ1n) is 11.7. The lowest BCUT2D eigenvalue weighted by Gasteiger charge is -2.12. The molecule has 0 fully saturated rings. The van der Waals surface area contributed by atoms with Gasteiger partial charge in [-0.25, -0.2) is 19.0 Å². The molecule has 0 aliphatic carbocycles. The molecule has 0 saturated carbocycles. The normalized spacial score (nSPS) is 11.5. The zero-order chi connectivity index (χ0) is 27.0. The number of imidazole rings is 1. The first-order chi connectivity index (χ1) is 18.1. The van der Waals surface area contributed by atoms with Crippen molar-refractivity contribution < 1.29 is 23.6 Å². The van der Waals surface area contributed by atoms with Crippen LogP contribution in [0.4, 0.5) is 20.7 Å². The standard InChI is InChI=1S/C28H24FN5O4/c1-28(2,3)23-14-24(33-38-23)32-27(37)31-21-9-8-19(12-20(21)29)22-15-30-25-13-18(10-11-34(22)25)16-4-6-17(7-5-16)26(35)36/h4-15H,1-3H3,(H,35,36)(H2,31,32,33,37). The number of anilines is 2. The molecule has 192 valence electrons. The van der Waals surface area contributed by atoms with Crippen molar-refractivity contribution in [2.45, 2.75) is 26.2 Å². The first kappa shape index (κ1) is 24.7. The van der Waals surface area contributed by atoms with E-state index in [-0.39, 0.29) is 22.5 Å². The molecule has 3 N–H and O–H groups in total. The number of carboxylic acid groups (broad SMARTS) is 1. The number of amides is 2. The Morgan fingerprint density at radius 2 is 1.68 bits per heavy atom. The molecule has 2 amide bonds. The van der Waals surface area contributed by atoms with E-state index in [0.717, 1.165) is 11.1 Å². The molecule has 5 rings (SSSR count). The van der Waals surface area contributed by atoms with E-state index in [1.165, 1.54) is 12.1 Å². The van der Waals surface area contributed by atoms with E-state index in [1.807, 2.05) is 43.5 Å². The maximum atomic E-state index is 14.9. The van der Waals surface area contributed by atoms with Gasteiger partial charge >= 0.3 is 12.0 Å². The van der Waals surface area contributed by atoms with E-state index >= 15 is 0 Å². The molecular weight excluding hydrogens is 489 g/mol. The van der Waals surface area contributed by atoms with Crippen molar-refractivity contribution in [1.82, 2.24) is 14.5 Å². The molecule has 3 aromatic heterocycles. The van der Waals surface area contributed by atoms with Gasteiger partial charge in [-0.2, -0.15) is 0 Å². The van der Waals surface area contributed by atoms with Crippen LogP contribution in [-0.2, 0) is 5.41 Å². The second kappa shape index (κ2) is 9.47. The third-order valence-electron chi connectivity index (χ3n) is 5.98. The zero-order valence-corrected chi connectivity index (χ0v) is 20.8. The number of aromatic nitrogens is 3. The predicted octanol–water partition coefficient (Wildman–Crippen LogP) is 6.44. The van der Waals surface area contributed by atoms with Crippen LogP contribution in [0, 0.1) is 5.82 Å². The van der Waals surface area contributed by atoms with Gasteiger partial charge in [-0.1, -0.05) is 44.1 Å². The fraction of sp³-hybridized carbons (Fsp3) is 0.143. The Hall–Kier alpha value is -4.99. The minimum Gasteiger partial charge on any atom is -0.478 e. The topological polar surface area (TPSA) is 122 Å². The SMILES string of the molecule is CC(C)(C)c1cc(NC(=O)Nc2ccc(-c3cnc4cc(-c5ccc(C(=O)O)cc5)ccn34)cc2F)no1. The van der Waals surface area contributed by atoms with Crippen LogP contribution >= 0.6 is 0 Å². The van der Waals surface area contributed by atoms with Crippen LogP contribution in [0.3, 0.4) is 0 Å². The summed E-state index contributed by atoms with van der Waals surface area (Å²) < 4.78 is 22.0. The third kappa shape index (κ3) is 4.96. The van der Waals surface area contributed by atoms with Crippen LogP contribution in [0.25, 0.3) is 28.0 Å². The molecule has 9 nitrogen and oxygen atoms in total. The second-order valence-electron chi connectivity index (χ2n) is 9.77. The summed E-state index contributed by atoms with van der Waals surface area (Å²) in [6.07, 6.45) is 3.46. The number of aromatic carboxylic acids is 1.